The maximum Gasteiger partial charge on any atom is 0.0438 e. The SMILES string of the molecule is CCC1CCC1(N)c1ccccc1. The average molecular weight is 175 g/mol. The Labute approximate surface area is 80.0 Å². The summed E-state index contributed by atoms with van der Waals surface area (Å²) in [7, 11) is 0. The van der Waals surface area contributed by atoms with Crippen molar-refractivity contribution >= 4 is 0 Å². The van der Waals surface area contributed by atoms with Gasteiger partial charge in [-0.25, -0.2) is 0 Å². The van der Waals surface area contributed by atoms with E-state index in [1.165, 1.54) is 18.4 Å². The molecule has 13 heavy (non-hydrogen) atoms. The lowest BCUT2D eigenvalue weighted by atomic mass is 9.63. The van der Waals surface area contributed by atoms with Gasteiger partial charge in [-0.15, -0.1) is 0 Å². The maximum absolute atomic E-state index is 6.38. The van der Waals surface area contributed by atoms with Gasteiger partial charge in [0.25, 0.3) is 0 Å². The Morgan fingerprint density at radius 3 is 2.54 bits per heavy atom. The third kappa shape index (κ3) is 1.28. The van der Waals surface area contributed by atoms with Gasteiger partial charge < -0.3 is 5.73 Å². The highest BCUT2D eigenvalue weighted by molar-refractivity contribution is 5.27. The first kappa shape index (κ1) is 8.76. The van der Waals surface area contributed by atoms with Crippen LogP contribution in [0.25, 0.3) is 0 Å². The normalized spacial score (nSPS) is 32.6. The van der Waals surface area contributed by atoms with Gasteiger partial charge in [0.2, 0.25) is 0 Å². The summed E-state index contributed by atoms with van der Waals surface area (Å²) in [6, 6.07) is 10.5. The van der Waals surface area contributed by atoms with Crippen molar-refractivity contribution in [3.05, 3.63) is 35.9 Å². The van der Waals surface area contributed by atoms with Gasteiger partial charge in [0, 0.05) is 5.54 Å². The first-order valence-corrected chi connectivity index (χ1v) is 5.12. The van der Waals surface area contributed by atoms with Gasteiger partial charge in [-0.3, -0.25) is 0 Å². The lowest BCUT2D eigenvalue weighted by Gasteiger charge is -2.47. The summed E-state index contributed by atoms with van der Waals surface area (Å²) in [6.07, 6.45) is 3.64. The number of hydrogen-bond acceptors (Lipinski definition) is 1. The fourth-order valence-corrected chi connectivity index (χ4v) is 2.36. The van der Waals surface area contributed by atoms with E-state index in [0.29, 0.717) is 5.92 Å². The lowest BCUT2D eigenvalue weighted by molar-refractivity contribution is 0.122. The van der Waals surface area contributed by atoms with Crippen LogP contribution in [0.3, 0.4) is 0 Å². The zero-order chi connectivity index (χ0) is 9.31. The van der Waals surface area contributed by atoms with E-state index < -0.39 is 0 Å². The molecule has 2 N–H and O–H groups in total. The minimum absolute atomic E-state index is 0.0178. The standard InChI is InChI=1S/C12H17N/c1-2-10-8-9-12(10,13)11-6-4-3-5-7-11/h3-7,10H,2,8-9,13H2,1H3. The van der Waals surface area contributed by atoms with E-state index in [0.717, 1.165) is 6.42 Å². The minimum atomic E-state index is -0.0178. The number of nitrogens with two attached hydrogens (primary N) is 1. The molecule has 70 valence electrons. The van der Waals surface area contributed by atoms with Crippen LogP contribution in [-0.2, 0) is 5.54 Å². The zero-order valence-corrected chi connectivity index (χ0v) is 8.16. The molecule has 0 heterocycles. The Bertz CT molecular complexity index is 278. The van der Waals surface area contributed by atoms with Gasteiger partial charge in [-0.1, -0.05) is 43.7 Å². The van der Waals surface area contributed by atoms with E-state index in [2.05, 4.69) is 31.2 Å². The predicted octanol–water partition coefficient (Wildman–Crippen LogP) is 2.66. The molecular formula is C12H17N. The van der Waals surface area contributed by atoms with Crippen LogP contribution >= 0.6 is 0 Å². The van der Waals surface area contributed by atoms with E-state index in [-0.39, 0.29) is 5.54 Å². The van der Waals surface area contributed by atoms with Crippen LogP contribution < -0.4 is 5.73 Å². The summed E-state index contributed by atoms with van der Waals surface area (Å²) < 4.78 is 0. The largest absolute Gasteiger partial charge is 0.321 e. The first-order chi connectivity index (χ1) is 6.27. The molecule has 1 aromatic rings. The highest BCUT2D eigenvalue weighted by atomic mass is 14.8. The van der Waals surface area contributed by atoms with E-state index in [1.54, 1.807) is 0 Å². The van der Waals surface area contributed by atoms with Gasteiger partial charge in [-0.05, 0) is 24.3 Å². The first-order valence-electron chi connectivity index (χ1n) is 5.12. The van der Waals surface area contributed by atoms with E-state index in [9.17, 15) is 0 Å². The molecule has 0 spiro atoms. The van der Waals surface area contributed by atoms with Crippen LogP contribution in [0.5, 0.6) is 0 Å². The molecule has 0 aromatic heterocycles. The van der Waals surface area contributed by atoms with Crippen molar-refractivity contribution in [1.82, 2.24) is 0 Å². The molecule has 1 aromatic carbocycles. The van der Waals surface area contributed by atoms with Crippen LogP contribution in [0.4, 0.5) is 0 Å². The monoisotopic (exact) mass is 175 g/mol. The van der Waals surface area contributed by atoms with Crippen molar-refractivity contribution in [2.45, 2.75) is 31.7 Å². The molecule has 2 unspecified atom stereocenters. The second-order valence-electron chi connectivity index (χ2n) is 4.05. The maximum atomic E-state index is 6.38. The lowest BCUT2D eigenvalue weighted by Crippen LogP contribution is -2.51. The molecule has 1 aliphatic rings. The molecule has 1 heteroatoms. The molecule has 1 fully saturated rings. The van der Waals surface area contributed by atoms with Gasteiger partial charge in [0.15, 0.2) is 0 Å². The van der Waals surface area contributed by atoms with Gasteiger partial charge in [0.1, 0.15) is 0 Å². The molecular weight excluding hydrogens is 158 g/mol. The Morgan fingerprint density at radius 2 is 2.08 bits per heavy atom. The summed E-state index contributed by atoms with van der Waals surface area (Å²) in [5.74, 6) is 0.690. The molecule has 0 bridgehead atoms. The summed E-state index contributed by atoms with van der Waals surface area (Å²) in [5, 5.41) is 0. The van der Waals surface area contributed by atoms with Gasteiger partial charge in [-0.2, -0.15) is 0 Å². The molecule has 2 atom stereocenters. The van der Waals surface area contributed by atoms with E-state index in [4.69, 9.17) is 5.73 Å². The summed E-state index contributed by atoms with van der Waals surface area (Å²) in [4.78, 5) is 0. The minimum Gasteiger partial charge on any atom is -0.321 e. The second-order valence-corrected chi connectivity index (χ2v) is 4.05. The Morgan fingerprint density at radius 1 is 1.38 bits per heavy atom. The summed E-state index contributed by atoms with van der Waals surface area (Å²) >= 11 is 0. The smallest absolute Gasteiger partial charge is 0.0438 e. The third-order valence-electron chi connectivity index (χ3n) is 3.44. The highest BCUT2D eigenvalue weighted by Gasteiger charge is 2.43. The van der Waals surface area contributed by atoms with Gasteiger partial charge >= 0.3 is 0 Å². The zero-order valence-electron chi connectivity index (χ0n) is 8.16. The molecule has 0 saturated heterocycles. The molecule has 1 nitrogen and oxygen atoms in total. The molecule has 1 aliphatic carbocycles. The predicted molar refractivity (Wildman–Crippen MR) is 55.3 cm³/mol. The molecule has 0 aliphatic heterocycles. The summed E-state index contributed by atoms with van der Waals surface area (Å²) in [6.45, 7) is 2.23. The van der Waals surface area contributed by atoms with Crippen molar-refractivity contribution in [2.75, 3.05) is 0 Å². The van der Waals surface area contributed by atoms with E-state index in [1.807, 2.05) is 6.07 Å². The van der Waals surface area contributed by atoms with Crippen LogP contribution in [0.15, 0.2) is 30.3 Å². The molecule has 0 amide bonds. The highest BCUT2D eigenvalue weighted by Crippen LogP contribution is 2.45. The van der Waals surface area contributed by atoms with Crippen LogP contribution in [0, 0.1) is 5.92 Å². The fourth-order valence-electron chi connectivity index (χ4n) is 2.36. The fraction of sp³-hybridized carbons (Fsp3) is 0.500. The summed E-state index contributed by atoms with van der Waals surface area (Å²) in [5.41, 5.74) is 7.67. The number of rotatable bonds is 2. The van der Waals surface area contributed by atoms with E-state index >= 15 is 0 Å². The van der Waals surface area contributed by atoms with Crippen molar-refractivity contribution in [1.29, 1.82) is 0 Å². The average Bonchev–Trinajstić information content (AvgIpc) is 2.17. The molecule has 2 rings (SSSR count). The van der Waals surface area contributed by atoms with Gasteiger partial charge in [0.05, 0.1) is 0 Å². The van der Waals surface area contributed by atoms with Crippen LogP contribution in [0.1, 0.15) is 31.7 Å². The Kier molecular flexibility index (Phi) is 2.12. The second kappa shape index (κ2) is 3.15. The van der Waals surface area contributed by atoms with Crippen molar-refractivity contribution < 1.29 is 0 Å². The van der Waals surface area contributed by atoms with Crippen LogP contribution in [-0.4, -0.2) is 0 Å². The molecule has 1 saturated carbocycles. The van der Waals surface area contributed by atoms with Crippen molar-refractivity contribution in [3.63, 3.8) is 0 Å². The number of hydrogen-bond donors (Lipinski definition) is 1. The third-order valence-corrected chi connectivity index (χ3v) is 3.44. The van der Waals surface area contributed by atoms with Crippen LogP contribution in [0.2, 0.25) is 0 Å². The Balaban J connectivity index is 2.26. The number of benzene rings is 1. The van der Waals surface area contributed by atoms with Crippen molar-refractivity contribution in [3.8, 4) is 0 Å². The Hall–Kier alpha value is -0.820. The quantitative estimate of drug-likeness (QED) is 0.734. The molecule has 0 radical (unpaired) electrons. The van der Waals surface area contributed by atoms with Crippen molar-refractivity contribution in [2.24, 2.45) is 11.7 Å². The topological polar surface area (TPSA) is 26.0 Å².